The second kappa shape index (κ2) is 10.9. The molecule has 3 saturated carbocycles. The molecule has 1 spiro atoms. The van der Waals surface area contributed by atoms with Crippen molar-refractivity contribution in [1.29, 1.82) is 0 Å². The number of carbonyl (C=O) groups is 2. The van der Waals surface area contributed by atoms with Crippen LogP contribution in [0.1, 0.15) is 88.3 Å². The molecule has 0 radical (unpaired) electrons. The van der Waals surface area contributed by atoms with Crippen molar-refractivity contribution < 1.29 is 14.7 Å². The Morgan fingerprint density at radius 3 is 2.63 bits per heavy atom. The summed E-state index contributed by atoms with van der Waals surface area (Å²) < 4.78 is 0. The summed E-state index contributed by atoms with van der Waals surface area (Å²) in [6.45, 7) is 2.73. The summed E-state index contributed by atoms with van der Waals surface area (Å²) in [7, 11) is 0. The van der Waals surface area contributed by atoms with Gasteiger partial charge in [0.1, 0.15) is 11.9 Å². The van der Waals surface area contributed by atoms with E-state index in [1.165, 1.54) is 37.7 Å². The van der Waals surface area contributed by atoms with E-state index < -0.39 is 12.0 Å². The molecule has 0 saturated heterocycles. The molecule has 1 atom stereocenters. The first-order chi connectivity index (χ1) is 17.0. The minimum atomic E-state index is -0.907. The van der Waals surface area contributed by atoms with Crippen LogP contribution in [0.2, 0.25) is 0 Å². The van der Waals surface area contributed by atoms with Gasteiger partial charge in [0.15, 0.2) is 0 Å². The van der Waals surface area contributed by atoms with Crippen LogP contribution in [0.15, 0.2) is 12.1 Å². The Balaban J connectivity index is 1.04. The highest BCUT2D eigenvalue weighted by Crippen LogP contribution is 2.57. The number of unbranched alkanes of at least 4 members (excludes halogenated alkanes) is 1. The SMILES string of the molecule is O=C(NC(CCN(CCCCc1ccc2c(n1)NCCC2)C1CC1)C(=O)O)C1CCC2(CC1)CC2. The predicted molar refractivity (Wildman–Crippen MR) is 136 cm³/mol. The number of rotatable bonds is 12. The Kier molecular flexibility index (Phi) is 7.61. The van der Waals surface area contributed by atoms with Crippen LogP contribution in [0.4, 0.5) is 5.82 Å². The van der Waals surface area contributed by atoms with Crippen molar-refractivity contribution >= 4 is 17.7 Å². The topological polar surface area (TPSA) is 94.6 Å². The van der Waals surface area contributed by atoms with Crippen LogP contribution in [-0.2, 0) is 22.4 Å². The van der Waals surface area contributed by atoms with Gasteiger partial charge in [0.2, 0.25) is 5.91 Å². The van der Waals surface area contributed by atoms with E-state index in [2.05, 4.69) is 27.7 Å². The van der Waals surface area contributed by atoms with Gasteiger partial charge < -0.3 is 20.6 Å². The molecule has 0 bridgehead atoms. The third-order valence-electron chi connectivity index (χ3n) is 8.84. The molecule has 1 aliphatic heterocycles. The molecule has 3 fully saturated rings. The summed E-state index contributed by atoms with van der Waals surface area (Å²) >= 11 is 0. The van der Waals surface area contributed by atoms with Gasteiger partial charge in [0.05, 0.1) is 0 Å². The van der Waals surface area contributed by atoms with Crippen LogP contribution in [0, 0.1) is 11.3 Å². The molecule has 1 aromatic heterocycles. The number of pyridine rings is 1. The molecule has 7 heteroatoms. The molecular formula is C28H42N4O3. The van der Waals surface area contributed by atoms with Crippen LogP contribution >= 0.6 is 0 Å². The van der Waals surface area contributed by atoms with E-state index in [-0.39, 0.29) is 11.8 Å². The van der Waals surface area contributed by atoms with Gasteiger partial charge in [-0.25, -0.2) is 9.78 Å². The second-order valence-corrected chi connectivity index (χ2v) is 11.5. The number of carboxylic acid groups (broad SMARTS) is 1. The molecule has 1 unspecified atom stereocenters. The number of carbonyl (C=O) groups excluding carboxylic acids is 1. The lowest BCUT2D eigenvalue weighted by atomic mass is 9.79. The first kappa shape index (κ1) is 24.5. The van der Waals surface area contributed by atoms with E-state index in [1.807, 2.05) is 0 Å². The lowest BCUT2D eigenvalue weighted by Crippen LogP contribution is -2.46. The van der Waals surface area contributed by atoms with Crippen LogP contribution in [-0.4, -0.2) is 58.6 Å². The zero-order valence-electron chi connectivity index (χ0n) is 21.1. The Bertz CT molecular complexity index is 901. The number of nitrogens with zero attached hydrogens (tertiary/aromatic N) is 2. The lowest BCUT2D eigenvalue weighted by Gasteiger charge is -2.29. The van der Waals surface area contributed by atoms with Gasteiger partial charge in [0, 0.05) is 30.7 Å². The fourth-order valence-electron chi connectivity index (χ4n) is 6.06. The van der Waals surface area contributed by atoms with Gasteiger partial charge in [-0.3, -0.25) is 4.79 Å². The molecular weight excluding hydrogens is 440 g/mol. The minimum Gasteiger partial charge on any atom is -0.480 e. The molecule has 3 N–H and O–H groups in total. The van der Waals surface area contributed by atoms with Gasteiger partial charge in [-0.15, -0.1) is 0 Å². The number of aliphatic carboxylic acids is 1. The predicted octanol–water partition coefficient (Wildman–Crippen LogP) is 4.16. The van der Waals surface area contributed by atoms with Crippen LogP contribution in [0.25, 0.3) is 0 Å². The third-order valence-corrected chi connectivity index (χ3v) is 8.84. The van der Waals surface area contributed by atoms with Gasteiger partial charge in [0.25, 0.3) is 0 Å². The second-order valence-electron chi connectivity index (χ2n) is 11.5. The summed E-state index contributed by atoms with van der Waals surface area (Å²) in [4.78, 5) is 31.9. The number of aryl methyl sites for hydroxylation is 2. The number of hydrogen-bond acceptors (Lipinski definition) is 5. The first-order valence-electron chi connectivity index (χ1n) is 14.0. The van der Waals surface area contributed by atoms with Gasteiger partial charge in [-0.1, -0.05) is 6.07 Å². The molecule has 5 rings (SSSR count). The maximum absolute atomic E-state index is 12.8. The van der Waals surface area contributed by atoms with E-state index in [4.69, 9.17) is 4.98 Å². The highest BCUT2D eigenvalue weighted by atomic mass is 16.4. The van der Waals surface area contributed by atoms with Crippen molar-refractivity contribution in [3.8, 4) is 0 Å². The molecule has 1 aromatic rings. The zero-order chi connectivity index (χ0) is 24.3. The number of anilines is 1. The van der Waals surface area contributed by atoms with E-state index >= 15 is 0 Å². The maximum Gasteiger partial charge on any atom is 0.326 e. The lowest BCUT2D eigenvalue weighted by molar-refractivity contribution is -0.143. The maximum atomic E-state index is 12.8. The van der Waals surface area contributed by atoms with Gasteiger partial charge >= 0.3 is 5.97 Å². The average Bonchev–Trinajstić information content (AvgIpc) is 3.80. The van der Waals surface area contributed by atoms with E-state index in [9.17, 15) is 14.7 Å². The number of fused-ring (bicyclic) bond motifs is 1. The van der Waals surface area contributed by atoms with Gasteiger partial charge in [-0.2, -0.15) is 0 Å². The number of aromatic nitrogens is 1. The van der Waals surface area contributed by atoms with Crippen molar-refractivity contribution in [2.75, 3.05) is 25.0 Å². The number of hydrogen-bond donors (Lipinski definition) is 3. The third kappa shape index (κ3) is 6.54. The van der Waals surface area contributed by atoms with Crippen LogP contribution in [0.5, 0.6) is 0 Å². The van der Waals surface area contributed by atoms with Crippen molar-refractivity contribution in [3.63, 3.8) is 0 Å². The summed E-state index contributed by atoms with van der Waals surface area (Å²) in [5.41, 5.74) is 3.02. The molecule has 3 aliphatic carbocycles. The van der Waals surface area contributed by atoms with Gasteiger partial charge in [-0.05, 0) is 113 Å². The normalized spacial score (nSPS) is 21.9. The molecule has 192 valence electrons. The molecule has 4 aliphatic rings. The number of amides is 1. The van der Waals surface area contributed by atoms with Crippen molar-refractivity contribution in [2.24, 2.45) is 11.3 Å². The van der Waals surface area contributed by atoms with Crippen molar-refractivity contribution in [1.82, 2.24) is 15.2 Å². The van der Waals surface area contributed by atoms with Crippen LogP contribution < -0.4 is 10.6 Å². The monoisotopic (exact) mass is 482 g/mol. The Morgan fingerprint density at radius 1 is 1.11 bits per heavy atom. The summed E-state index contributed by atoms with van der Waals surface area (Å²) in [5.74, 6) is 0.110. The molecule has 7 nitrogen and oxygen atoms in total. The molecule has 35 heavy (non-hydrogen) atoms. The Labute approximate surface area is 209 Å². The number of carboxylic acids is 1. The first-order valence-corrected chi connectivity index (χ1v) is 14.0. The quantitative estimate of drug-likeness (QED) is 0.387. The Morgan fingerprint density at radius 2 is 1.91 bits per heavy atom. The Hall–Kier alpha value is -2.15. The fourth-order valence-corrected chi connectivity index (χ4v) is 6.06. The van der Waals surface area contributed by atoms with Crippen LogP contribution in [0.3, 0.4) is 0 Å². The minimum absolute atomic E-state index is 0.00462. The highest BCUT2D eigenvalue weighted by molar-refractivity contribution is 5.85. The highest BCUT2D eigenvalue weighted by Gasteiger charge is 2.46. The standard InChI is InChI=1S/C28H42N4O3/c33-26(21-10-13-28(14-11-21)15-16-28)31-24(27(34)35)12-19-32(23-8-9-23)18-2-1-5-22-7-6-20-4-3-17-29-25(20)30-22/h6-7,21,23-24H,1-5,8-19H2,(H,29,30)(H,31,33)(H,34,35). The van der Waals surface area contributed by atoms with E-state index in [1.54, 1.807) is 0 Å². The van der Waals surface area contributed by atoms with Crippen molar-refractivity contribution in [2.45, 2.75) is 102 Å². The van der Waals surface area contributed by atoms with Crippen molar-refractivity contribution in [3.05, 3.63) is 23.4 Å². The average molecular weight is 483 g/mol. The fraction of sp³-hybridized carbons (Fsp3) is 0.750. The molecule has 0 aromatic carbocycles. The van der Waals surface area contributed by atoms with E-state index in [0.29, 0.717) is 17.9 Å². The molecule has 1 amide bonds. The smallest absolute Gasteiger partial charge is 0.326 e. The zero-order valence-corrected chi connectivity index (χ0v) is 21.1. The largest absolute Gasteiger partial charge is 0.480 e. The summed E-state index contributed by atoms with van der Waals surface area (Å²) in [5, 5.41) is 16.1. The molecule has 2 heterocycles. The summed E-state index contributed by atoms with van der Waals surface area (Å²) in [6, 6.07) is 4.19. The van der Waals surface area contributed by atoms with E-state index in [0.717, 1.165) is 82.5 Å². The summed E-state index contributed by atoms with van der Waals surface area (Å²) in [6.07, 6.45) is 15.1. The number of nitrogens with one attached hydrogen (secondary N) is 2.